The maximum atomic E-state index is 12.9. The first-order chi connectivity index (χ1) is 17.4. The van der Waals surface area contributed by atoms with Crippen LogP contribution in [-0.4, -0.2) is 68.1 Å². The number of aromatic nitrogens is 1. The van der Waals surface area contributed by atoms with Crippen LogP contribution in [0.25, 0.3) is 0 Å². The number of hydrogen-bond acceptors (Lipinski definition) is 7. The van der Waals surface area contributed by atoms with Crippen molar-refractivity contribution in [1.82, 2.24) is 15.2 Å². The number of benzene rings is 1. The fourth-order valence-electron chi connectivity index (χ4n) is 4.33. The summed E-state index contributed by atoms with van der Waals surface area (Å²) in [5.41, 5.74) is 0.751. The van der Waals surface area contributed by atoms with Crippen molar-refractivity contribution in [2.45, 2.75) is 22.7 Å². The number of β-lactam (4-membered cyclic amide) rings is 1. The van der Waals surface area contributed by atoms with Gasteiger partial charge in [0, 0.05) is 29.0 Å². The van der Waals surface area contributed by atoms with Gasteiger partial charge in [0.15, 0.2) is 0 Å². The highest BCUT2D eigenvalue weighted by Gasteiger charge is 2.54. The number of anilines is 1. The minimum atomic E-state index is -1.24. The van der Waals surface area contributed by atoms with Gasteiger partial charge in [0.25, 0.3) is 11.8 Å². The second-order valence-electron chi connectivity index (χ2n) is 8.30. The van der Waals surface area contributed by atoms with Gasteiger partial charge in [0.1, 0.15) is 22.9 Å². The third-order valence-electron chi connectivity index (χ3n) is 6.03. The highest BCUT2D eigenvalue weighted by molar-refractivity contribution is 8.00. The number of hydrogen-bond donors (Lipinski definition) is 2. The van der Waals surface area contributed by atoms with E-state index in [1.54, 1.807) is 35.4 Å². The largest absolute Gasteiger partial charge is 0.477 e. The quantitative estimate of drug-likeness (QED) is 0.323. The maximum Gasteiger partial charge on any atom is 0.352 e. The van der Waals surface area contributed by atoms with Crippen molar-refractivity contribution in [1.29, 1.82) is 0 Å². The average Bonchev–Trinajstić information content (AvgIpc) is 3.26. The van der Waals surface area contributed by atoms with Gasteiger partial charge >= 0.3 is 5.97 Å². The first-order valence-corrected chi connectivity index (χ1v) is 13.3. The lowest BCUT2D eigenvalue weighted by molar-refractivity contribution is -0.150. The smallest absolute Gasteiger partial charge is 0.352 e. The molecule has 0 aliphatic carbocycles. The number of nitrogens with one attached hydrogen (secondary N) is 1. The van der Waals surface area contributed by atoms with Crippen LogP contribution in [0.15, 0.2) is 82.5 Å². The van der Waals surface area contributed by atoms with E-state index in [0.717, 1.165) is 4.90 Å². The van der Waals surface area contributed by atoms with Crippen LogP contribution in [0.5, 0.6) is 0 Å². The molecule has 0 radical (unpaired) electrons. The summed E-state index contributed by atoms with van der Waals surface area (Å²) in [6, 6.07) is 14.0. The molecule has 2 saturated heterocycles. The standard InChI is InChI=1S/C25H22N4O5S2/c30-19(14-35-17-6-2-1-3-7-17)27-20-23(32)29-21(25(33)34)16(13-36-24(20)29)12-15-9-11-28(22(15)31)18-8-4-5-10-26-18/h1-8,10,12,20,24H,9,11,13-14H2,(H,27,30)(H,33,34)/b15-12+/t20-,24-/m1/s1. The lowest BCUT2D eigenvalue weighted by Gasteiger charge is -2.49. The lowest BCUT2D eigenvalue weighted by Crippen LogP contribution is -2.70. The Kier molecular flexibility index (Phi) is 6.84. The molecule has 3 aliphatic heterocycles. The fourth-order valence-corrected chi connectivity index (χ4v) is 6.36. The number of carboxylic acid groups (broad SMARTS) is 1. The van der Waals surface area contributed by atoms with Crippen LogP contribution >= 0.6 is 23.5 Å². The highest BCUT2D eigenvalue weighted by Crippen LogP contribution is 2.41. The minimum Gasteiger partial charge on any atom is -0.477 e. The van der Waals surface area contributed by atoms with E-state index < -0.39 is 23.3 Å². The molecule has 9 nitrogen and oxygen atoms in total. The zero-order valence-electron chi connectivity index (χ0n) is 19.0. The maximum absolute atomic E-state index is 12.9. The Balaban J connectivity index is 1.28. The first-order valence-electron chi connectivity index (χ1n) is 11.3. The Morgan fingerprint density at radius 3 is 2.67 bits per heavy atom. The van der Waals surface area contributed by atoms with Crippen molar-refractivity contribution in [2.75, 3.05) is 23.0 Å². The molecule has 4 heterocycles. The molecule has 2 N–H and O–H groups in total. The van der Waals surface area contributed by atoms with Gasteiger partial charge in [-0.25, -0.2) is 9.78 Å². The van der Waals surface area contributed by atoms with E-state index in [9.17, 15) is 24.3 Å². The lowest BCUT2D eigenvalue weighted by atomic mass is 10.0. The summed E-state index contributed by atoms with van der Waals surface area (Å²) in [7, 11) is 0. The van der Waals surface area contributed by atoms with Crippen LogP contribution in [-0.2, 0) is 19.2 Å². The van der Waals surface area contributed by atoms with Gasteiger partial charge in [0.2, 0.25) is 5.91 Å². The molecular weight excluding hydrogens is 500 g/mol. The Labute approximate surface area is 215 Å². The molecule has 0 spiro atoms. The first kappa shape index (κ1) is 24.1. The van der Waals surface area contributed by atoms with Gasteiger partial charge in [0.05, 0.1) is 5.75 Å². The van der Waals surface area contributed by atoms with E-state index in [0.29, 0.717) is 35.7 Å². The van der Waals surface area contributed by atoms with E-state index in [1.807, 2.05) is 30.3 Å². The SMILES string of the molecule is O=C(CSc1ccccc1)N[C@@H]1C(=O)N2C(C(=O)O)=C(/C=C3\CCN(c4ccccn4)C3=O)CS[C@H]12. The van der Waals surface area contributed by atoms with Gasteiger partial charge < -0.3 is 10.4 Å². The van der Waals surface area contributed by atoms with Crippen molar-refractivity contribution >= 4 is 53.0 Å². The summed E-state index contributed by atoms with van der Waals surface area (Å²) in [6.07, 6.45) is 3.65. The Morgan fingerprint density at radius 1 is 1.17 bits per heavy atom. The van der Waals surface area contributed by atoms with Gasteiger partial charge in [-0.1, -0.05) is 24.3 Å². The number of carboxylic acids is 1. The van der Waals surface area contributed by atoms with Crippen LogP contribution in [0.2, 0.25) is 0 Å². The molecule has 36 heavy (non-hydrogen) atoms. The molecule has 2 aromatic rings. The van der Waals surface area contributed by atoms with Crippen LogP contribution in [0.4, 0.5) is 5.82 Å². The number of rotatable bonds is 7. The van der Waals surface area contributed by atoms with E-state index >= 15 is 0 Å². The summed E-state index contributed by atoms with van der Waals surface area (Å²) < 4.78 is 0. The molecule has 0 saturated carbocycles. The average molecular weight is 523 g/mol. The molecule has 184 valence electrons. The number of nitrogens with zero attached hydrogens (tertiary/aromatic N) is 3. The predicted octanol–water partition coefficient (Wildman–Crippen LogP) is 2.28. The third kappa shape index (κ3) is 4.63. The van der Waals surface area contributed by atoms with E-state index in [1.165, 1.54) is 28.4 Å². The second-order valence-corrected chi connectivity index (χ2v) is 10.5. The van der Waals surface area contributed by atoms with Crippen LogP contribution in [0.1, 0.15) is 6.42 Å². The number of carbonyl (C=O) groups is 4. The number of fused-ring (bicyclic) bond motifs is 1. The van der Waals surface area contributed by atoms with E-state index in [4.69, 9.17) is 0 Å². The van der Waals surface area contributed by atoms with Crippen LogP contribution < -0.4 is 10.2 Å². The van der Waals surface area contributed by atoms with Crippen molar-refractivity contribution < 1.29 is 24.3 Å². The molecule has 5 rings (SSSR count). The molecular formula is C25H22N4O5S2. The fraction of sp³-hybridized carbons (Fsp3) is 0.240. The molecule has 11 heteroatoms. The van der Waals surface area contributed by atoms with Crippen molar-refractivity contribution in [3.8, 4) is 0 Å². The zero-order valence-corrected chi connectivity index (χ0v) is 20.6. The van der Waals surface area contributed by atoms with Gasteiger partial charge in [-0.15, -0.1) is 23.5 Å². The Bertz CT molecular complexity index is 1280. The van der Waals surface area contributed by atoms with E-state index in [-0.39, 0.29) is 23.3 Å². The molecule has 0 unspecified atom stereocenters. The number of aliphatic carboxylic acids is 1. The second kappa shape index (κ2) is 10.2. The molecule has 3 aliphatic rings. The predicted molar refractivity (Wildman–Crippen MR) is 136 cm³/mol. The topological polar surface area (TPSA) is 120 Å². The third-order valence-corrected chi connectivity index (χ3v) is 8.34. The number of pyridine rings is 1. The van der Waals surface area contributed by atoms with Gasteiger partial charge in [-0.2, -0.15) is 0 Å². The number of allylic oxidation sites excluding steroid dienone is 1. The number of thioether (sulfide) groups is 2. The van der Waals surface area contributed by atoms with Crippen molar-refractivity contribution in [2.24, 2.45) is 0 Å². The minimum absolute atomic E-state index is 0.135. The summed E-state index contributed by atoms with van der Waals surface area (Å²) in [5, 5.41) is 12.2. The summed E-state index contributed by atoms with van der Waals surface area (Å²) in [4.78, 5) is 58.3. The number of amides is 3. The van der Waals surface area contributed by atoms with E-state index in [2.05, 4.69) is 10.3 Å². The molecule has 2 atom stereocenters. The van der Waals surface area contributed by atoms with Crippen LogP contribution in [0, 0.1) is 0 Å². The molecule has 2 fully saturated rings. The highest BCUT2D eigenvalue weighted by atomic mass is 32.2. The Morgan fingerprint density at radius 2 is 1.94 bits per heavy atom. The molecule has 3 amide bonds. The molecule has 1 aromatic heterocycles. The van der Waals surface area contributed by atoms with Gasteiger partial charge in [-0.05, 0) is 42.3 Å². The molecule has 1 aromatic carbocycles. The summed E-state index contributed by atoms with van der Waals surface area (Å²) in [6.45, 7) is 0.449. The van der Waals surface area contributed by atoms with Gasteiger partial charge in [-0.3, -0.25) is 24.2 Å². The normalized spacial score (nSPS) is 22.5. The Hall–Kier alpha value is -3.57. The van der Waals surface area contributed by atoms with Crippen molar-refractivity contribution in [3.05, 3.63) is 77.6 Å². The summed E-state index contributed by atoms with van der Waals surface area (Å²) in [5.74, 6) is -1.22. The van der Waals surface area contributed by atoms with Crippen molar-refractivity contribution in [3.63, 3.8) is 0 Å². The summed E-state index contributed by atoms with van der Waals surface area (Å²) >= 11 is 2.74. The molecule has 0 bridgehead atoms. The zero-order chi connectivity index (χ0) is 25.2. The number of carbonyl (C=O) groups excluding carboxylic acids is 3. The van der Waals surface area contributed by atoms with Crippen LogP contribution in [0.3, 0.4) is 0 Å². The monoisotopic (exact) mass is 522 g/mol.